The van der Waals surface area contributed by atoms with Crippen LogP contribution in [-0.4, -0.2) is 65.5 Å². The molecule has 2 aliphatic heterocycles. The Morgan fingerprint density at radius 2 is 1.18 bits per heavy atom. The average molecular weight is 461 g/mol. The molecule has 28 heavy (non-hydrogen) atoms. The third-order valence-corrected chi connectivity index (χ3v) is 6.47. The van der Waals surface area contributed by atoms with Gasteiger partial charge in [-0.2, -0.15) is 0 Å². The summed E-state index contributed by atoms with van der Waals surface area (Å²) in [6, 6.07) is 0. The van der Waals surface area contributed by atoms with Crippen molar-refractivity contribution >= 4 is 80.4 Å². The molecule has 150 valence electrons. The zero-order valence-electron chi connectivity index (χ0n) is 14.5. The van der Waals surface area contributed by atoms with Gasteiger partial charge in [0, 0.05) is 25.9 Å². The number of amides is 2. The SMILES string of the molecule is O=C(O)CCCN1C(=O)C(=CC=C2SC(=S)N(CCCC(=O)O)C2=O)SC1=S. The lowest BCUT2D eigenvalue weighted by molar-refractivity contribution is -0.138. The fourth-order valence-electron chi connectivity index (χ4n) is 2.34. The number of carbonyl (C=O) groups excluding carboxylic acids is 2. The van der Waals surface area contributed by atoms with Gasteiger partial charge in [0.2, 0.25) is 0 Å². The topological polar surface area (TPSA) is 115 Å². The Bertz CT molecular complexity index is 741. The molecule has 2 heterocycles. The van der Waals surface area contributed by atoms with Crippen LogP contribution in [0.25, 0.3) is 0 Å². The second-order valence-corrected chi connectivity index (χ2v) is 9.06. The van der Waals surface area contributed by atoms with E-state index in [9.17, 15) is 19.2 Å². The van der Waals surface area contributed by atoms with Gasteiger partial charge in [-0.15, -0.1) is 0 Å². The van der Waals surface area contributed by atoms with Crippen LogP contribution in [0.15, 0.2) is 22.0 Å². The predicted octanol–water partition coefficient (Wildman–Crippen LogP) is 2.20. The lowest BCUT2D eigenvalue weighted by atomic mass is 10.3. The van der Waals surface area contributed by atoms with E-state index in [0.717, 1.165) is 23.5 Å². The summed E-state index contributed by atoms with van der Waals surface area (Å²) < 4.78 is 0.688. The number of allylic oxidation sites excluding steroid dienone is 2. The smallest absolute Gasteiger partial charge is 0.303 e. The molecule has 0 aromatic heterocycles. The summed E-state index contributed by atoms with van der Waals surface area (Å²) in [7, 11) is 0. The van der Waals surface area contributed by atoms with Crippen LogP contribution in [0.5, 0.6) is 0 Å². The number of carbonyl (C=O) groups is 4. The predicted molar refractivity (Wildman–Crippen MR) is 114 cm³/mol. The monoisotopic (exact) mass is 460 g/mol. The van der Waals surface area contributed by atoms with Crippen molar-refractivity contribution in [1.82, 2.24) is 9.80 Å². The molecule has 0 saturated carbocycles. The van der Waals surface area contributed by atoms with E-state index in [-0.39, 0.29) is 37.7 Å². The zero-order chi connectivity index (χ0) is 20.8. The van der Waals surface area contributed by atoms with Crippen molar-refractivity contribution in [3.8, 4) is 0 Å². The number of carboxylic acids is 2. The second-order valence-electron chi connectivity index (χ2n) is 5.71. The van der Waals surface area contributed by atoms with E-state index >= 15 is 0 Å². The fourth-order valence-corrected chi connectivity index (χ4v) is 4.84. The zero-order valence-corrected chi connectivity index (χ0v) is 17.7. The number of nitrogens with zero attached hydrogens (tertiary/aromatic N) is 2. The van der Waals surface area contributed by atoms with Crippen LogP contribution in [0.4, 0.5) is 0 Å². The highest BCUT2D eigenvalue weighted by atomic mass is 32.2. The van der Waals surface area contributed by atoms with Crippen LogP contribution in [0.3, 0.4) is 0 Å². The molecule has 0 aliphatic carbocycles. The van der Waals surface area contributed by atoms with Crippen molar-refractivity contribution in [2.75, 3.05) is 13.1 Å². The Kier molecular flexibility index (Phi) is 8.16. The van der Waals surface area contributed by atoms with Crippen molar-refractivity contribution in [2.24, 2.45) is 0 Å². The van der Waals surface area contributed by atoms with Crippen molar-refractivity contribution in [2.45, 2.75) is 25.7 Å². The molecule has 2 amide bonds. The summed E-state index contributed by atoms with van der Waals surface area (Å²) in [5.74, 6) is -2.53. The van der Waals surface area contributed by atoms with E-state index in [1.165, 1.54) is 22.0 Å². The van der Waals surface area contributed by atoms with Gasteiger partial charge in [0.15, 0.2) is 0 Å². The number of aliphatic carboxylic acids is 2. The van der Waals surface area contributed by atoms with E-state index in [1.54, 1.807) is 0 Å². The van der Waals surface area contributed by atoms with Crippen LogP contribution < -0.4 is 0 Å². The van der Waals surface area contributed by atoms with Crippen LogP contribution in [0.1, 0.15) is 25.7 Å². The van der Waals surface area contributed by atoms with E-state index in [1.807, 2.05) is 0 Å². The van der Waals surface area contributed by atoms with Crippen molar-refractivity contribution in [3.05, 3.63) is 22.0 Å². The van der Waals surface area contributed by atoms with Crippen LogP contribution >= 0.6 is 48.0 Å². The number of thioether (sulfide) groups is 2. The first-order valence-electron chi connectivity index (χ1n) is 8.13. The van der Waals surface area contributed by atoms with Crippen LogP contribution in [-0.2, 0) is 19.2 Å². The molecule has 2 rings (SSSR count). The summed E-state index contributed by atoms with van der Waals surface area (Å²) in [6.07, 6.45) is 3.48. The molecule has 0 bridgehead atoms. The molecule has 0 radical (unpaired) electrons. The van der Waals surface area contributed by atoms with Gasteiger partial charge in [-0.25, -0.2) is 0 Å². The third-order valence-electron chi connectivity index (χ3n) is 3.68. The molecule has 0 atom stereocenters. The highest BCUT2D eigenvalue weighted by Gasteiger charge is 2.33. The summed E-state index contributed by atoms with van der Waals surface area (Å²) in [5, 5.41) is 17.4. The second kappa shape index (κ2) is 10.1. The van der Waals surface area contributed by atoms with E-state index in [4.69, 9.17) is 34.6 Å². The molecule has 8 nitrogen and oxygen atoms in total. The number of hydrogen-bond acceptors (Lipinski definition) is 8. The summed E-state index contributed by atoms with van der Waals surface area (Å²) in [5.41, 5.74) is 0. The highest BCUT2D eigenvalue weighted by molar-refractivity contribution is 8.27. The Morgan fingerprint density at radius 1 is 0.821 bits per heavy atom. The third kappa shape index (κ3) is 5.87. The molecule has 2 N–H and O–H groups in total. The molecule has 12 heteroatoms. The minimum absolute atomic E-state index is 0.0551. The maximum Gasteiger partial charge on any atom is 0.303 e. The minimum atomic E-state index is -0.939. The quantitative estimate of drug-likeness (QED) is 0.392. The highest BCUT2D eigenvalue weighted by Crippen LogP contribution is 2.34. The first-order valence-corrected chi connectivity index (χ1v) is 10.6. The van der Waals surface area contributed by atoms with Gasteiger partial charge >= 0.3 is 11.9 Å². The maximum absolute atomic E-state index is 12.4. The van der Waals surface area contributed by atoms with Gasteiger partial charge in [0.05, 0.1) is 9.81 Å². The molecule has 0 aromatic rings. The number of rotatable bonds is 9. The van der Waals surface area contributed by atoms with Gasteiger partial charge in [-0.05, 0) is 25.0 Å². The summed E-state index contributed by atoms with van der Waals surface area (Å²) in [6.45, 7) is 0.444. The van der Waals surface area contributed by atoms with Crippen LogP contribution in [0.2, 0.25) is 0 Å². The lowest BCUT2D eigenvalue weighted by Gasteiger charge is -2.13. The molecule has 2 fully saturated rings. The molecule has 2 saturated heterocycles. The van der Waals surface area contributed by atoms with Gasteiger partial charge in [-0.3, -0.25) is 29.0 Å². The molecular formula is C16H16N2O6S4. The Labute approximate surface area is 180 Å². The van der Waals surface area contributed by atoms with Crippen molar-refractivity contribution in [3.63, 3.8) is 0 Å². The summed E-state index contributed by atoms with van der Waals surface area (Å²) in [4.78, 5) is 49.4. The molecular weight excluding hydrogens is 444 g/mol. The lowest BCUT2D eigenvalue weighted by Crippen LogP contribution is -2.29. The Hall–Kier alpha value is -1.76. The maximum atomic E-state index is 12.4. The standard InChI is InChI=1S/C16H16N2O6S4/c19-11(20)3-1-7-17-13(23)9(27-15(17)25)5-6-10-14(24)18(16(26)28-10)8-2-4-12(21)22/h5-6H,1-4,7-8H2,(H,19,20)(H,21,22). The van der Waals surface area contributed by atoms with Crippen molar-refractivity contribution in [1.29, 1.82) is 0 Å². The van der Waals surface area contributed by atoms with E-state index in [0.29, 0.717) is 31.3 Å². The first-order chi connectivity index (χ1) is 13.2. The van der Waals surface area contributed by atoms with Gasteiger partial charge < -0.3 is 10.2 Å². The van der Waals surface area contributed by atoms with E-state index in [2.05, 4.69) is 0 Å². The minimum Gasteiger partial charge on any atom is -0.481 e. The van der Waals surface area contributed by atoms with Crippen LogP contribution in [0, 0.1) is 0 Å². The number of hydrogen-bond donors (Lipinski definition) is 2. The Balaban J connectivity index is 2.00. The van der Waals surface area contributed by atoms with Gasteiger partial charge in [0.25, 0.3) is 11.8 Å². The molecule has 0 unspecified atom stereocenters. The number of carboxylic acid groups (broad SMARTS) is 2. The normalized spacial score (nSPS) is 20.1. The first kappa shape index (κ1) is 22.5. The fraction of sp³-hybridized carbons (Fsp3) is 0.375. The van der Waals surface area contributed by atoms with Gasteiger partial charge in [0.1, 0.15) is 8.64 Å². The number of thiocarbonyl (C=S) groups is 2. The largest absolute Gasteiger partial charge is 0.481 e. The van der Waals surface area contributed by atoms with Crippen molar-refractivity contribution < 1.29 is 29.4 Å². The molecule has 0 spiro atoms. The molecule has 0 aromatic carbocycles. The van der Waals surface area contributed by atoms with Gasteiger partial charge in [-0.1, -0.05) is 48.0 Å². The Morgan fingerprint density at radius 3 is 1.50 bits per heavy atom. The average Bonchev–Trinajstić information content (AvgIpc) is 3.03. The molecule has 2 aliphatic rings. The summed E-state index contributed by atoms with van der Waals surface area (Å²) >= 11 is 12.5. The van der Waals surface area contributed by atoms with E-state index < -0.39 is 11.9 Å².